The molecule has 108 valence electrons. The fraction of sp³-hybridized carbons (Fsp3) is 0.357. The number of aromatic nitrogens is 2. The van der Waals surface area contributed by atoms with Gasteiger partial charge in [-0.05, 0) is 44.1 Å². The van der Waals surface area contributed by atoms with Gasteiger partial charge in [-0.2, -0.15) is 18.3 Å². The van der Waals surface area contributed by atoms with Crippen molar-refractivity contribution in [1.29, 1.82) is 0 Å². The Morgan fingerprint density at radius 2 is 2.10 bits per heavy atom. The van der Waals surface area contributed by atoms with Crippen molar-refractivity contribution in [3.8, 4) is 11.1 Å². The lowest BCUT2D eigenvalue weighted by atomic mass is 10.0. The Labute approximate surface area is 115 Å². The molecule has 0 fully saturated rings. The second kappa shape index (κ2) is 6.09. The first-order valence-corrected chi connectivity index (χ1v) is 6.37. The quantitative estimate of drug-likeness (QED) is 0.827. The van der Waals surface area contributed by atoms with E-state index < -0.39 is 11.7 Å². The van der Waals surface area contributed by atoms with Crippen LogP contribution < -0.4 is 5.32 Å². The van der Waals surface area contributed by atoms with Gasteiger partial charge in [-0.25, -0.2) is 0 Å². The molecule has 1 aromatic heterocycles. The number of hydrogen-bond donors (Lipinski definition) is 2. The van der Waals surface area contributed by atoms with Crippen molar-refractivity contribution in [1.82, 2.24) is 15.5 Å². The third kappa shape index (κ3) is 3.39. The topological polar surface area (TPSA) is 40.7 Å². The van der Waals surface area contributed by atoms with E-state index in [1.807, 2.05) is 7.05 Å². The third-order valence-electron chi connectivity index (χ3n) is 3.07. The molecule has 0 bridgehead atoms. The van der Waals surface area contributed by atoms with Gasteiger partial charge >= 0.3 is 6.18 Å². The van der Waals surface area contributed by atoms with Gasteiger partial charge in [-0.15, -0.1) is 0 Å². The van der Waals surface area contributed by atoms with Crippen LogP contribution >= 0.6 is 0 Å². The van der Waals surface area contributed by atoms with Crippen molar-refractivity contribution >= 4 is 0 Å². The van der Waals surface area contributed by atoms with Crippen LogP contribution in [0.1, 0.15) is 17.7 Å². The van der Waals surface area contributed by atoms with Gasteiger partial charge in [0.2, 0.25) is 0 Å². The molecule has 0 aliphatic rings. The Kier molecular flexibility index (Phi) is 4.44. The van der Waals surface area contributed by atoms with Crippen molar-refractivity contribution < 1.29 is 13.2 Å². The predicted molar refractivity (Wildman–Crippen MR) is 71.3 cm³/mol. The first kappa shape index (κ1) is 14.6. The number of H-pyrrole nitrogens is 1. The summed E-state index contributed by atoms with van der Waals surface area (Å²) in [4.78, 5) is 0. The van der Waals surface area contributed by atoms with E-state index in [9.17, 15) is 13.2 Å². The van der Waals surface area contributed by atoms with Crippen LogP contribution in [0.25, 0.3) is 11.1 Å². The fourth-order valence-electron chi connectivity index (χ4n) is 2.06. The molecule has 0 aliphatic heterocycles. The molecule has 2 N–H and O–H groups in total. The molecular formula is C14H16F3N3. The fourth-order valence-corrected chi connectivity index (χ4v) is 2.06. The Balaban J connectivity index is 2.26. The highest BCUT2D eigenvalue weighted by Crippen LogP contribution is 2.32. The number of alkyl halides is 3. The zero-order valence-electron chi connectivity index (χ0n) is 11.1. The van der Waals surface area contributed by atoms with Gasteiger partial charge in [0.1, 0.15) is 0 Å². The number of nitrogens with zero attached hydrogens (tertiary/aromatic N) is 1. The summed E-state index contributed by atoms with van der Waals surface area (Å²) in [5, 5.41) is 9.84. The summed E-state index contributed by atoms with van der Waals surface area (Å²) in [5.41, 5.74) is 1.48. The number of halogens is 3. The molecule has 0 saturated heterocycles. The van der Waals surface area contributed by atoms with E-state index in [1.54, 1.807) is 12.3 Å². The van der Waals surface area contributed by atoms with Gasteiger partial charge in [0.15, 0.2) is 0 Å². The van der Waals surface area contributed by atoms with E-state index in [4.69, 9.17) is 0 Å². The minimum atomic E-state index is -4.33. The van der Waals surface area contributed by atoms with E-state index >= 15 is 0 Å². The Bertz CT molecular complexity index is 561. The molecule has 0 atom stereocenters. The lowest BCUT2D eigenvalue weighted by molar-refractivity contribution is -0.137. The van der Waals surface area contributed by atoms with Crippen LogP contribution in [0, 0.1) is 0 Å². The molecule has 3 nitrogen and oxygen atoms in total. The molecule has 0 amide bonds. The van der Waals surface area contributed by atoms with Crippen molar-refractivity contribution in [2.24, 2.45) is 0 Å². The van der Waals surface area contributed by atoms with Gasteiger partial charge in [0.25, 0.3) is 0 Å². The third-order valence-corrected chi connectivity index (χ3v) is 3.07. The van der Waals surface area contributed by atoms with Gasteiger partial charge in [-0.3, -0.25) is 5.10 Å². The van der Waals surface area contributed by atoms with Crippen LogP contribution in [0.15, 0.2) is 30.5 Å². The first-order valence-electron chi connectivity index (χ1n) is 6.37. The highest BCUT2D eigenvalue weighted by molar-refractivity contribution is 5.66. The van der Waals surface area contributed by atoms with E-state index in [-0.39, 0.29) is 0 Å². The minimum absolute atomic E-state index is 0.535. The molecule has 0 unspecified atom stereocenters. The van der Waals surface area contributed by atoms with Crippen LogP contribution in [-0.4, -0.2) is 23.8 Å². The van der Waals surface area contributed by atoms with Crippen molar-refractivity contribution in [3.63, 3.8) is 0 Å². The smallest absolute Gasteiger partial charge is 0.320 e. The molecule has 0 radical (unpaired) electrons. The molecule has 1 heterocycles. The number of rotatable bonds is 5. The van der Waals surface area contributed by atoms with E-state index in [0.717, 1.165) is 42.8 Å². The molecule has 2 rings (SSSR count). The van der Waals surface area contributed by atoms with Crippen LogP contribution in [0.4, 0.5) is 13.2 Å². The monoisotopic (exact) mass is 283 g/mol. The molecule has 0 spiro atoms. The van der Waals surface area contributed by atoms with Gasteiger partial charge in [0, 0.05) is 11.3 Å². The van der Waals surface area contributed by atoms with Crippen molar-refractivity contribution in [3.05, 3.63) is 41.7 Å². The number of aryl methyl sites for hydroxylation is 1. The lowest BCUT2D eigenvalue weighted by Crippen LogP contribution is -2.08. The van der Waals surface area contributed by atoms with E-state index in [1.165, 1.54) is 6.07 Å². The average molecular weight is 283 g/mol. The standard InChI is InChI=1S/C14H16F3N3/c1-18-7-3-6-13-12(9-19-20-13)10-4-2-5-11(8-10)14(15,16)17/h2,4-5,8-9,18H,3,6-7H2,1H3,(H,19,20). The maximum absolute atomic E-state index is 12.7. The Morgan fingerprint density at radius 3 is 2.80 bits per heavy atom. The summed E-state index contributed by atoms with van der Waals surface area (Å²) in [6.45, 7) is 0.848. The zero-order valence-corrected chi connectivity index (χ0v) is 11.1. The maximum atomic E-state index is 12.7. The number of benzene rings is 1. The van der Waals surface area contributed by atoms with Gasteiger partial charge in [-0.1, -0.05) is 12.1 Å². The van der Waals surface area contributed by atoms with Crippen molar-refractivity contribution in [2.45, 2.75) is 19.0 Å². The van der Waals surface area contributed by atoms with Gasteiger partial charge < -0.3 is 5.32 Å². The SMILES string of the molecule is CNCCCc1[nH]ncc1-c1cccc(C(F)(F)F)c1. The molecule has 0 saturated carbocycles. The highest BCUT2D eigenvalue weighted by Gasteiger charge is 2.30. The lowest BCUT2D eigenvalue weighted by Gasteiger charge is -2.09. The molecule has 20 heavy (non-hydrogen) atoms. The van der Waals surface area contributed by atoms with E-state index in [2.05, 4.69) is 15.5 Å². The number of aromatic amines is 1. The summed E-state index contributed by atoms with van der Waals surface area (Å²) in [5.74, 6) is 0. The van der Waals surface area contributed by atoms with Crippen LogP contribution in [0.2, 0.25) is 0 Å². The van der Waals surface area contributed by atoms with Crippen LogP contribution in [-0.2, 0) is 12.6 Å². The number of hydrogen-bond acceptors (Lipinski definition) is 2. The van der Waals surface area contributed by atoms with Crippen LogP contribution in [0.5, 0.6) is 0 Å². The van der Waals surface area contributed by atoms with Gasteiger partial charge in [0.05, 0.1) is 11.8 Å². The predicted octanol–water partition coefficient (Wildman–Crippen LogP) is 3.25. The average Bonchev–Trinajstić information content (AvgIpc) is 2.87. The first-order chi connectivity index (χ1) is 9.52. The Hall–Kier alpha value is -1.82. The van der Waals surface area contributed by atoms with E-state index in [0.29, 0.717) is 5.56 Å². The second-order valence-corrected chi connectivity index (χ2v) is 4.55. The molecule has 1 aromatic carbocycles. The molecule has 2 aromatic rings. The normalized spacial score (nSPS) is 11.8. The number of nitrogens with one attached hydrogen (secondary N) is 2. The van der Waals surface area contributed by atoms with Crippen LogP contribution in [0.3, 0.4) is 0 Å². The maximum Gasteiger partial charge on any atom is 0.416 e. The summed E-state index contributed by atoms with van der Waals surface area (Å²) < 4.78 is 38.2. The molecular weight excluding hydrogens is 267 g/mol. The summed E-state index contributed by atoms with van der Waals surface area (Å²) in [6, 6.07) is 5.32. The second-order valence-electron chi connectivity index (χ2n) is 4.55. The minimum Gasteiger partial charge on any atom is -0.320 e. The summed E-state index contributed by atoms with van der Waals surface area (Å²) in [7, 11) is 1.86. The zero-order chi connectivity index (χ0) is 14.6. The summed E-state index contributed by atoms with van der Waals surface area (Å²) >= 11 is 0. The summed E-state index contributed by atoms with van der Waals surface area (Å²) in [6.07, 6.45) is -1.12. The molecule has 6 heteroatoms. The Morgan fingerprint density at radius 1 is 1.30 bits per heavy atom. The largest absolute Gasteiger partial charge is 0.416 e. The highest BCUT2D eigenvalue weighted by atomic mass is 19.4. The molecule has 0 aliphatic carbocycles. The van der Waals surface area contributed by atoms with Crippen molar-refractivity contribution in [2.75, 3.05) is 13.6 Å².